The van der Waals surface area contributed by atoms with E-state index in [2.05, 4.69) is 49.8 Å². The third-order valence-electron chi connectivity index (χ3n) is 5.93. The highest BCUT2D eigenvalue weighted by Gasteiger charge is 2.39. The molecule has 2 aliphatic rings. The minimum atomic E-state index is -0.337. The van der Waals surface area contributed by atoms with Crippen molar-refractivity contribution >= 4 is 28.8 Å². The molecule has 0 bridgehead atoms. The molecule has 1 fully saturated rings. The van der Waals surface area contributed by atoms with E-state index in [1.54, 1.807) is 7.11 Å². The van der Waals surface area contributed by atoms with Gasteiger partial charge in [-0.2, -0.15) is 0 Å². The predicted molar refractivity (Wildman–Crippen MR) is 131 cm³/mol. The van der Waals surface area contributed by atoms with Crippen LogP contribution in [0.15, 0.2) is 54.6 Å². The molecule has 0 radical (unpaired) electrons. The van der Waals surface area contributed by atoms with Crippen molar-refractivity contribution in [2.45, 2.75) is 44.6 Å². The zero-order valence-electron chi connectivity index (χ0n) is 19.1. The number of nitrogens with zero attached hydrogens (tertiary/aromatic N) is 1. The third kappa shape index (κ3) is 5.23. The summed E-state index contributed by atoms with van der Waals surface area (Å²) >= 11 is 5.41. The first-order valence-corrected chi connectivity index (χ1v) is 11.3. The SMILES string of the molecule is COc1cccc(C2=CC3(CCN(OC(=S)Nc4ccc(C(C)(C)C)cc4)CC3)ON2)c1. The Morgan fingerprint density at radius 2 is 1.84 bits per heavy atom. The van der Waals surface area contributed by atoms with Gasteiger partial charge in [-0.1, -0.05) is 45.0 Å². The Kier molecular flexibility index (Phi) is 6.42. The number of ether oxygens (including phenoxy) is 1. The van der Waals surface area contributed by atoms with Gasteiger partial charge in [-0.25, -0.2) is 0 Å². The molecular weight excluding hydrogens is 422 g/mol. The molecule has 2 aromatic rings. The Morgan fingerprint density at radius 1 is 1.12 bits per heavy atom. The van der Waals surface area contributed by atoms with Gasteiger partial charge in [0.15, 0.2) is 0 Å². The van der Waals surface area contributed by atoms with E-state index in [9.17, 15) is 0 Å². The van der Waals surface area contributed by atoms with Crippen molar-refractivity contribution in [1.29, 1.82) is 0 Å². The van der Waals surface area contributed by atoms with Crippen LogP contribution in [0.3, 0.4) is 0 Å². The molecule has 0 aromatic heterocycles. The highest BCUT2D eigenvalue weighted by molar-refractivity contribution is 7.80. The maximum absolute atomic E-state index is 6.00. The van der Waals surface area contributed by atoms with E-state index < -0.39 is 0 Å². The van der Waals surface area contributed by atoms with Crippen LogP contribution < -0.4 is 15.5 Å². The van der Waals surface area contributed by atoms with Crippen molar-refractivity contribution in [3.63, 3.8) is 0 Å². The monoisotopic (exact) mass is 453 g/mol. The number of hydrogen-bond donors (Lipinski definition) is 2. The van der Waals surface area contributed by atoms with Gasteiger partial charge in [-0.15, -0.1) is 5.06 Å². The summed E-state index contributed by atoms with van der Waals surface area (Å²) in [5.41, 5.74) is 7.09. The van der Waals surface area contributed by atoms with Crippen LogP contribution in [0.5, 0.6) is 5.75 Å². The van der Waals surface area contributed by atoms with Crippen LogP contribution >= 0.6 is 12.2 Å². The zero-order valence-corrected chi connectivity index (χ0v) is 19.9. The molecule has 1 saturated heterocycles. The highest BCUT2D eigenvalue weighted by atomic mass is 32.1. The molecule has 0 unspecified atom stereocenters. The fraction of sp³-hybridized carbons (Fsp3) is 0.400. The average molecular weight is 454 g/mol. The van der Waals surface area contributed by atoms with E-state index in [4.69, 9.17) is 26.6 Å². The molecule has 170 valence electrons. The van der Waals surface area contributed by atoms with E-state index >= 15 is 0 Å². The first-order valence-electron chi connectivity index (χ1n) is 10.9. The second kappa shape index (κ2) is 9.10. The van der Waals surface area contributed by atoms with Crippen LogP contribution in [0, 0.1) is 0 Å². The summed E-state index contributed by atoms with van der Waals surface area (Å²) < 4.78 is 5.33. The van der Waals surface area contributed by atoms with Gasteiger partial charge in [0, 0.05) is 24.3 Å². The molecule has 32 heavy (non-hydrogen) atoms. The fourth-order valence-electron chi connectivity index (χ4n) is 3.93. The smallest absolute Gasteiger partial charge is 0.283 e. The molecule has 0 atom stereocenters. The lowest BCUT2D eigenvalue weighted by Crippen LogP contribution is -2.45. The number of rotatable bonds is 4. The molecular formula is C25H31N3O3S. The van der Waals surface area contributed by atoms with Gasteiger partial charge in [0.1, 0.15) is 11.4 Å². The maximum atomic E-state index is 6.00. The quantitative estimate of drug-likeness (QED) is 0.630. The fourth-order valence-corrected chi connectivity index (χ4v) is 4.15. The first kappa shape index (κ1) is 22.6. The van der Waals surface area contributed by atoms with Gasteiger partial charge >= 0.3 is 0 Å². The maximum Gasteiger partial charge on any atom is 0.283 e. The summed E-state index contributed by atoms with van der Waals surface area (Å²) in [6.45, 7) is 8.03. The number of anilines is 1. The Bertz CT molecular complexity index is 990. The van der Waals surface area contributed by atoms with Gasteiger partial charge in [0.25, 0.3) is 5.17 Å². The molecule has 7 heteroatoms. The van der Waals surface area contributed by atoms with E-state index in [1.807, 2.05) is 41.5 Å². The van der Waals surface area contributed by atoms with Crippen molar-refractivity contribution in [1.82, 2.24) is 10.5 Å². The lowest BCUT2D eigenvalue weighted by Gasteiger charge is -2.35. The summed E-state index contributed by atoms with van der Waals surface area (Å²) in [6, 6.07) is 16.2. The van der Waals surface area contributed by atoms with Gasteiger partial charge < -0.3 is 14.9 Å². The number of piperidine rings is 1. The van der Waals surface area contributed by atoms with Crippen LogP contribution in [0.1, 0.15) is 44.7 Å². The standard InChI is InChI=1S/C25H31N3O3S/c1-24(2,3)19-8-10-20(11-9-19)26-23(32)30-28-14-12-25(13-15-28)17-22(27-31-25)18-6-5-7-21(16-18)29-4/h5-11,16-17,27H,12-15H2,1-4H3,(H,26,32). The van der Waals surface area contributed by atoms with Crippen molar-refractivity contribution in [2.75, 3.05) is 25.5 Å². The zero-order chi connectivity index (χ0) is 22.8. The normalized spacial score (nSPS) is 18.1. The number of benzene rings is 2. The lowest BCUT2D eigenvalue weighted by atomic mass is 9.87. The highest BCUT2D eigenvalue weighted by Crippen LogP contribution is 2.35. The number of hydrogen-bond acceptors (Lipinski definition) is 6. The molecule has 1 spiro atoms. The number of thiocarbonyl (C=S) groups is 1. The van der Waals surface area contributed by atoms with Crippen molar-refractivity contribution in [3.8, 4) is 5.75 Å². The van der Waals surface area contributed by atoms with Crippen molar-refractivity contribution in [2.24, 2.45) is 0 Å². The van der Waals surface area contributed by atoms with Crippen molar-refractivity contribution in [3.05, 3.63) is 65.7 Å². The molecule has 0 aliphatic carbocycles. The topological polar surface area (TPSA) is 55.0 Å². The summed E-state index contributed by atoms with van der Waals surface area (Å²) in [5.74, 6) is 0.823. The molecule has 4 rings (SSSR count). The van der Waals surface area contributed by atoms with Gasteiger partial charge in [-0.3, -0.25) is 10.3 Å². The molecule has 2 N–H and O–H groups in total. The summed E-state index contributed by atoms with van der Waals surface area (Å²) in [7, 11) is 1.67. The summed E-state index contributed by atoms with van der Waals surface area (Å²) in [5, 5.41) is 5.41. The van der Waals surface area contributed by atoms with Crippen LogP contribution in [0.25, 0.3) is 5.70 Å². The second-order valence-corrected chi connectivity index (χ2v) is 9.69. The Balaban J connectivity index is 1.30. The summed E-state index contributed by atoms with van der Waals surface area (Å²) in [6.07, 6.45) is 3.78. The second-order valence-electron chi connectivity index (χ2n) is 9.32. The van der Waals surface area contributed by atoms with E-state index in [0.29, 0.717) is 18.3 Å². The van der Waals surface area contributed by atoms with Gasteiger partial charge in [0.2, 0.25) is 0 Å². The summed E-state index contributed by atoms with van der Waals surface area (Å²) in [4.78, 5) is 11.9. The minimum Gasteiger partial charge on any atom is -0.497 e. The Labute approximate surface area is 195 Å². The molecule has 0 amide bonds. The van der Waals surface area contributed by atoms with Gasteiger partial charge in [-0.05, 0) is 66.4 Å². The van der Waals surface area contributed by atoms with Crippen LogP contribution in [-0.2, 0) is 15.1 Å². The molecule has 2 heterocycles. The van der Waals surface area contributed by atoms with E-state index in [-0.39, 0.29) is 11.0 Å². The molecule has 2 aliphatic heterocycles. The largest absolute Gasteiger partial charge is 0.497 e. The van der Waals surface area contributed by atoms with Crippen LogP contribution in [-0.4, -0.2) is 36.0 Å². The Hall–Kier alpha value is -2.61. The third-order valence-corrected chi connectivity index (χ3v) is 6.11. The number of nitrogens with one attached hydrogen (secondary N) is 2. The minimum absolute atomic E-state index is 0.122. The predicted octanol–water partition coefficient (Wildman–Crippen LogP) is 5.03. The first-order chi connectivity index (χ1) is 15.3. The van der Waals surface area contributed by atoms with E-state index in [0.717, 1.165) is 35.5 Å². The molecule has 2 aromatic carbocycles. The van der Waals surface area contributed by atoms with Crippen molar-refractivity contribution < 1.29 is 14.4 Å². The number of methoxy groups -OCH3 is 1. The lowest BCUT2D eigenvalue weighted by molar-refractivity contribution is -0.142. The number of hydroxylamine groups is 3. The molecule has 0 saturated carbocycles. The average Bonchev–Trinajstić information content (AvgIpc) is 3.19. The molecule has 6 nitrogen and oxygen atoms in total. The van der Waals surface area contributed by atoms with Crippen LogP contribution in [0.2, 0.25) is 0 Å². The van der Waals surface area contributed by atoms with E-state index in [1.165, 1.54) is 5.56 Å². The van der Waals surface area contributed by atoms with Crippen LogP contribution in [0.4, 0.5) is 5.69 Å². The van der Waals surface area contributed by atoms with Gasteiger partial charge in [0.05, 0.1) is 12.8 Å². The Morgan fingerprint density at radius 3 is 2.50 bits per heavy atom.